The Morgan fingerprint density at radius 3 is 2.83 bits per heavy atom. The lowest BCUT2D eigenvalue weighted by atomic mass is 9.91. The second-order valence-corrected chi connectivity index (χ2v) is 5.23. The second kappa shape index (κ2) is 5.11. The van der Waals surface area contributed by atoms with Crippen molar-refractivity contribution in [3.63, 3.8) is 0 Å². The van der Waals surface area contributed by atoms with E-state index in [2.05, 4.69) is 17.4 Å². The molecule has 0 spiro atoms. The first-order chi connectivity index (χ1) is 8.84. The molecule has 1 unspecified atom stereocenters. The first kappa shape index (κ1) is 11.7. The highest BCUT2D eigenvalue weighted by molar-refractivity contribution is 5.79. The molecule has 0 radical (unpaired) electrons. The third kappa shape index (κ3) is 2.27. The average Bonchev–Trinajstić information content (AvgIpc) is 2.91. The number of hydrogen-bond acceptors (Lipinski definition) is 3. The molecule has 0 aromatic heterocycles. The summed E-state index contributed by atoms with van der Waals surface area (Å²) in [5.41, 5.74) is 2.36. The van der Waals surface area contributed by atoms with E-state index in [1.165, 1.54) is 18.4 Å². The van der Waals surface area contributed by atoms with Crippen LogP contribution in [0.15, 0.2) is 24.3 Å². The molecule has 1 aliphatic heterocycles. The van der Waals surface area contributed by atoms with Crippen molar-refractivity contribution in [2.45, 2.75) is 44.2 Å². The van der Waals surface area contributed by atoms with Crippen LogP contribution in [0.5, 0.6) is 0 Å². The molecule has 2 aliphatic rings. The van der Waals surface area contributed by atoms with Gasteiger partial charge < -0.3 is 10.1 Å². The van der Waals surface area contributed by atoms with Gasteiger partial charge in [0.05, 0.1) is 5.92 Å². The van der Waals surface area contributed by atoms with Gasteiger partial charge in [-0.15, -0.1) is 0 Å². The van der Waals surface area contributed by atoms with Gasteiger partial charge in [-0.05, 0) is 36.8 Å². The zero-order valence-electron chi connectivity index (χ0n) is 10.5. The summed E-state index contributed by atoms with van der Waals surface area (Å²) in [6.45, 7) is 1.55. The van der Waals surface area contributed by atoms with Gasteiger partial charge in [0.2, 0.25) is 0 Å². The normalized spacial score (nSPS) is 23.7. The minimum absolute atomic E-state index is 0.0541. The molecule has 1 saturated carbocycles. The minimum Gasteiger partial charge on any atom is -0.462 e. The summed E-state index contributed by atoms with van der Waals surface area (Å²) in [5, 5.41) is 3.30. The molecule has 1 heterocycles. The molecule has 1 aromatic rings. The van der Waals surface area contributed by atoms with Crippen molar-refractivity contribution >= 4 is 5.97 Å². The van der Waals surface area contributed by atoms with E-state index < -0.39 is 0 Å². The highest BCUT2D eigenvalue weighted by Crippen LogP contribution is 2.28. The number of nitrogens with one attached hydrogen (secondary N) is 1. The quantitative estimate of drug-likeness (QED) is 0.813. The lowest BCUT2D eigenvalue weighted by Gasteiger charge is -2.26. The van der Waals surface area contributed by atoms with Gasteiger partial charge in [0, 0.05) is 13.1 Å². The highest BCUT2D eigenvalue weighted by atomic mass is 16.5. The van der Waals surface area contributed by atoms with Crippen molar-refractivity contribution in [1.82, 2.24) is 5.32 Å². The van der Waals surface area contributed by atoms with Crippen LogP contribution in [-0.4, -0.2) is 18.6 Å². The van der Waals surface area contributed by atoms with E-state index in [0.29, 0.717) is 6.54 Å². The number of carbonyl (C=O) groups excluding carboxylic acids is 1. The van der Waals surface area contributed by atoms with Crippen molar-refractivity contribution < 1.29 is 9.53 Å². The Morgan fingerprint density at radius 2 is 2.00 bits per heavy atom. The van der Waals surface area contributed by atoms with E-state index in [9.17, 15) is 4.79 Å². The molecule has 3 nitrogen and oxygen atoms in total. The van der Waals surface area contributed by atoms with Gasteiger partial charge in [-0.2, -0.15) is 0 Å². The fraction of sp³-hybridized carbons (Fsp3) is 0.533. The Balaban J connectivity index is 1.74. The topological polar surface area (TPSA) is 38.3 Å². The largest absolute Gasteiger partial charge is 0.462 e. The Labute approximate surface area is 108 Å². The van der Waals surface area contributed by atoms with Gasteiger partial charge in [0.15, 0.2) is 0 Å². The van der Waals surface area contributed by atoms with Gasteiger partial charge in [-0.25, -0.2) is 0 Å². The monoisotopic (exact) mass is 245 g/mol. The van der Waals surface area contributed by atoms with Crippen LogP contribution < -0.4 is 5.32 Å². The van der Waals surface area contributed by atoms with Crippen molar-refractivity contribution in [3.8, 4) is 0 Å². The molecule has 0 saturated heterocycles. The number of carbonyl (C=O) groups is 1. The maximum absolute atomic E-state index is 12.3. The summed E-state index contributed by atoms with van der Waals surface area (Å²) in [6.07, 6.45) is 4.61. The van der Waals surface area contributed by atoms with Gasteiger partial charge >= 0.3 is 5.97 Å². The molecule has 1 fully saturated rings. The molecular weight excluding hydrogens is 226 g/mol. The molecule has 1 aromatic carbocycles. The standard InChI is InChI=1S/C15H19NO2/c17-15(18-12-6-2-3-7-12)14-10-16-9-11-5-1-4-8-13(11)14/h1,4-5,8,12,14,16H,2-3,6-7,9-10H2. The summed E-state index contributed by atoms with van der Waals surface area (Å²) >= 11 is 0. The molecule has 1 atom stereocenters. The summed E-state index contributed by atoms with van der Waals surface area (Å²) in [6, 6.07) is 8.15. The van der Waals surface area contributed by atoms with Crippen LogP contribution in [0.4, 0.5) is 0 Å². The van der Waals surface area contributed by atoms with Gasteiger partial charge in [0.1, 0.15) is 6.10 Å². The van der Waals surface area contributed by atoms with E-state index in [4.69, 9.17) is 4.74 Å². The number of rotatable bonds is 2. The van der Waals surface area contributed by atoms with Crippen LogP contribution in [0.1, 0.15) is 42.7 Å². The van der Waals surface area contributed by atoms with Crippen LogP contribution in [0.25, 0.3) is 0 Å². The zero-order chi connectivity index (χ0) is 12.4. The van der Waals surface area contributed by atoms with Crippen LogP contribution >= 0.6 is 0 Å². The maximum Gasteiger partial charge on any atom is 0.315 e. The van der Waals surface area contributed by atoms with Crippen LogP contribution in [0, 0.1) is 0 Å². The Hall–Kier alpha value is -1.35. The minimum atomic E-state index is -0.129. The van der Waals surface area contributed by atoms with Crippen molar-refractivity contribution in [1.29, 1.82) is 0 Å². The third-order valence-electron chi connectivity index (χ3n) is 3.96. The van der Waals surface area contributed by atoms with Crippen LogP contribution in [0.3, 0.4) is 0 Å². The number of ether oxygens (including phenoxy) is 1. The number of esters is 1. The maximum atomic E-state index is 12.3. The predicted molar refractivity (Wildman–Crippen MR) is 69.2 cm³/mol. The fourth-order valence-electron chi connectivity index (χ4n) is 2.96. The first-order valence-electron chi connectivity index (χ1n) is 6.83. The first-order valence-corrected chi connectivity index (χ1v) is 6.83. The SMILES string of the molecule is O=C(OC1CCCC1)C1CNCc2ccccc21. The van der Waals surface area contributed by atoms with Crippen molar-refractivity contribution in [2.24, 2.45) is 0 Å². The second-order valence-electron chi connectivity index (χ2n) is 5.23. The van der Waals surface area contributed by atoms with Crippen LogP contribution in [0.2, 0.25) is 0 Å². The summed E-state index contributed by atoms with van der Waals surface area (Å²) in [5.74, 6) is -0.183. The molecule has 3 rings (SSSR count). The smallest absolute Gasteiger partial charge is 0.315 e. The Morgan fingerprint density at radius 1 is 1.22 bits per heavy atom. The number of hydrogen-bond donors (Lipinski definition) is 1. The third-order valence-corrected chi connectivity index (χ3v) is 3.96. The number of fused-ring (bicyclic) bond motifs is 1. The lowest BCUT2D eigenvalue weighted by Crippen LogP contribution is -2.34. The van der Waals surface area contributed by atoms with Gasteiger partial charge in [0.25, 0.3) is 0 Å². The molecule has 0 bridgehead atoms. The molecule has 1 N–H and O–H groups in total. The summed E-state index contributed by atoms with van der Waals surface area (Å²) in [4.78, 5) is 12.3. The fourth-order valence-corrected chi connectivity index (χ4v) is 2.96. The van der Waals surface area contributed by atoms with E-state index in [1.54, 1.807) is 0 Å². The molecule has 1 aliphatic carbocycles. The van der Waals surface area contributed by atoms with Gasteiger partial charge in [-0.3, -0.25) is 4.79 Å². The summed E-state index contributed by atoms with van der Waals surface area (Å²) in [7, 11) is 0. The Bertz CT molecular complexity index is 438. The molecular formula is C15H19NO2. The zero-order valence-corrected chi connectivity index (χ0v) is 10.5. The predicted octanol–water partition coefficient (Wildman–Crippen LogP) is 2.36. The number of benzene rings is 1. The molecule has 96 valence electrons. The van der Waals surface area contributed by atoms with Crippen molar-refractivity contribution in [2.75, 3.05) is 6.54 Å². The highest BCUT2D eigenvalue weighted by Gasteiger charge is 2.29. The molecule has 0 amide bonds. The van der Waals surface area contributed by atoms with E-state index in [-0.39, 0.29) is 18.0 Å². The summed E-state index contributed by atoms with van der Waals surface area (Å²) < 4.78 is 5.63. The average molecular weight is 245 g/mol. The van der Waals surface area contributed by atoms with E-state index >= 15 is 0 Å². The molecule has 3 heteroatoms. The van der Waals surface area contributed by atoms with E-state index in [0.717, 1.165) is 24.9 Å². The lowest BCUT2D eigenvalue weighted by molar-refractivity contribution is -0.150. The van der Waals surface area contributed by atoms with Crippen molar-refractivity contribution in [3.05, 3.63) is 35.4 Å². The van der Waals surface area contributed by atoms with E-state index in [1.807, 2.05) is 12.1 Å². The van der Waals surface area contributed by atoms with Crippen LogP contribution in [-0.2, 0) is 16.1 Å². The molecule has 18 heavy (non-hydrogen) atoms. The van der Waals surface area contributed by atoms with Gasteiger partial charge in [-0.1, -0.05) is 24.3 Å². The Kier molecular flexibility index (Phi) is 3.33.